The number of carbonyl (C=O) groups excluding carboxylic acids is 1. The van der Waals surface area contributed by atoms with Crippen molar-refractivity contribution in [3.63, 3.8) is 0 Å². The van der Waals surface area contributed by atoms with Gasteiger partial charge < -0.3 is 10.5 Å². The van der Waals surface area contributed by atoms with Gasteiger partial charge in [-0.1, -0.05) is 17.7 Å². The molecule has 0 spiro atoms. The van der Waals surface area contributed by atoms with Crippen LogP contribution in [0.4, 0.5) is 5.69 Å². The number of ether oxygens (including phenoxy) is 1. The van der Waals surface area contributed by atoms with Gasteiger partial charge in [0.1, 0.15) is 5.02 Å². The monoisotopic (exact) mass is 258 g/mol. The fraction of sp³-hybridized carbons (Fsp3) is 0.300. The molecule has 0 radical (unpaired) electrons. The van der Waals surface area contributed by atoms with Gasteiger partial charge in [-0.15, -0.1) is 0 Å². The number of hydrogen-bond donors (Lipinski definition) is 1. The zero-order valence-corrected chi connectivity index (χ0v) is 9.81. The second kappa shape index (κ2) is 5.60. The van der Waals surface area contributed by atoms with Crippen LogP contribution >= 0.6 is 11.6 Å². The highest BCUT2D eigenvalue weighted by Crippen LogP contribution is 2.28. The first-order chi connectivity index (χ1) is 7.95. The molecular weight excluding hydrogens is 248 g/mol. The maximum Gasteiger partial charge on any atom is 0.307 e. The molecule has 1 aromatic carbocycles. The number of nitrogens with zero attached hydrogens (tertiary/aromatic N) is 1. The molecule has 0 fully saturated rings. The second-order valence-electron chi connectivity index (χ2n) is 3.35. The summed E-state index contributed by atoms with van der Waals surface area (Å²) in [5, 5.41) is 10.7. The average molecular weight is 259 g/mol. The third-order valence-corrected chi connectivity index (χ3v) is 2.53. The minimum atomic E-state index is -0.654. The molecule has 17 heavy (non-hydrogen) atoms. The van der Waals surface area contributed by atoms with E-state index >= 15 is 0 Å². The predicted octanol–water partition coefficient (Wildman–Crippen LogP) is 1.81. The van der Waals surface area contributed by atoms with Gasteiger partial charge in [-0.05, 0) is 11.6 Å². The number of methoxy groups -OCH3 is 1. The van der Waals surface area contributed by atoms with Gasteiger partial charge >= 0.3 is 5.97 Å². The Kier molecular flexibility index (Phi) is 4.42. The molecule has 0 bridgehead atoms. The summed E-state index contributed by atoms with van der Waals surface area (Å²) < 4.78 is 4.46. The number of halogens is 1. The van der Waals surface area contributed by atoms with Gasteiger partial charge in [0.2, 0.25) is 0 Å². The largest absolute Gasteiger partial charge is 0.469 e. The van der Waals surface area contributed by atoms with Crippen molar-refractivity contribution >= 4 is 23.3 Å². The number of esters is 1. The molecule has 2 N–H and O–H groups in total. The van der Waals surface area contributed by atoms with Crippen molar-refractivity contribution in [2.45, 2.75) is 12.5 Å². The highest BCUT2D eigenvalue weighted by Gasteiger charge is 2.17. The maximum atomic E-state index is 11.0. The summed E-state index contributed by atoms with van der Waals surface area (Å²) >= 11 is 5.65. The summed E-state index contributed by atoms with van der Waals surface area (Å²) in [6.45, 7) is 0. The van der Waals surface area contributed by atoms with Crippen molar-refractivity contribution in [1.82, 2.24) is 0 Å². The Morgan fingerprint density at radius 1 is 1.65 bits per heavy atom. The van der Waals surface area contributed by atoms with Crippen molar-refractivity contribution in [1.29, 1.82) is 0 Å². The second-order valence-corrected chi connectivity index (χ2v) is 3.76. The fourth-order valence-corrected chi connectivity index (χ4v) is 1.47. The zero-order valence-electron chi connectivity index (χ0n) is 9.05. The van der Waals surface area contributed by atoms with Crippen LogP contribution in [0.5, 0.6) is 0 Å². The van der Waals surface area contributed by atoms with Crippen LogP contribution in [-0.4, -0.2) is 18.0 Å². The summed E-state index contributed by atoms with van der Waals surface area (Å²) in [7, 11) is 1.25. The molecular formula is C10H11ClN2O4. The van der Waals surface area contributed by atoms with E-state index in [1.165, 1.54) is 19.2 Å². The van der Waals surface area contributed by atoms with E-state index in [9.17, 15) is 14.9 Å². The molecule has 92 valence electrons. The summed E-state index contributed by atoms with van der Waals surface area (Å²) in [6.07, 6.45) is -0.0463. The Morgan fingerprint density at radius 3 is 2.82 bits per heavy atom. The van der Waals surface area contributed by atoms with Crippen LogP contribution in [0.3, 0.4) is 0 Å². The van der Waals surface area contributed by atoms with Crippen LogP contribution in [0.25, 0.3) is 0 Å². The lowest BCUT2D eigenvalue weighted by Gasteiger charge is -2.10. The van der Waals surface area contributed by atoms with Gasteiger partial charge in [0.05, 0.1) is 18.5 Å². The lowest BCUT2D eigenvalue weighted by molar-refractivity contribution is -0.384. The topological polar surface area (TPSA) is 95.5 Å². The van der Waals surface area contributed by atoms with Crippen molar-refractivity contribution in [2.75, 3.05) is 7.11 Å². The van der Waals surface area contributed by atoms with E-state index in [4.69, 9.17) is 17.3 Å². The minimum absolute atomic E-state index is 0.0315. The number of benzene rings is 1. The molecule has 0 aromatic heterocycles. The van der Waals surface area contributed by atoms with E-state index in [1.807, 2.05) is 0 Å². The molecule has 7 heteroatoms. The normalized spacial score (nSPS) is 11.9. The summed E-state index contributed by atoms with van der Waals surface area (Å²) in [4.78, 5) is 21.1. The summed E-state index contributed by atoms with van der Waals surface area (Å²) in [5.74, 6) is -0.477. The molecule has 0 heterocycles. The first kappa shape index (κ1) is 13.4. The SMILES string of the molecule is COC(=O)C[C@@H](N)c1ccc(Cl)c([N+](=O)[O-])c1. The average Bonchev–Trinajstić information content (AvgIpc) is 2.28. The van der Waals surface area contributed by atoms with E-state index in [2.05, 4.69) is 4.74 Å². The number of nitro benzene ring substituents is 1. The van der Waals surface area contributed by atoms with Crippen LogP contribution in [-0.2, 0) is 9.53 Å². The third-order valence-electron chi connectivity index (χ3n) is 2.21. The molecule has 0 saturated carbocycles. The van der Waals surface area contributed by atoms with E-state index in [0.29, 0.717) is 5.56 Å². The number of rotatable bonds is 4. The molecule has 0 amide bonds. The fourth-order valence-electron chi connectivity index (χ4n) is 1.28. The third kappa shape index (κ3) is 3.40. The lowest BCUT2D eigenvalue weighted by Crippen LogP contribution is -2.16. The van der Waals surface area contributed by atoms with Gasteiger partial charge in [-0.25, -0.2) is 0 Å². The standard InChI is InChI=1S/C10H11ClN2O4/c1-17-10(14)5-8(12)6-2-3-7(11)9(4-6)13(15)16/h2-4,8H,5,12H2,1H3/t8-/m1/s1. The van der Waals surface area contributed by atoms with Crippen LogP contribution in [0.15, 0.2) is 18.2 Å². The van der Waals surface area contributed by atoms with E-state index in [-0.39, 0.29) is 17.1 Å². The molecule has 0 aliphatic carbocycles. The van der Waals surface area contributed by atoms with Crippen LogP contribution in [0, 0.1) is 10.1 Å². The highest BCUT2D eigenvalue weighted by molar-refractivity contribution is 6.32. The molecule has 6 nitrogen and oxygen atoms in total. The van der Waals surface area contributed by atoms with Crippen LogP contribution in [0.1, 0.15) is 18.0 Å². The first-order valence-corrected chi connectivity index (χ1v) is 5.09. The maximum absolute atomic E-state index is 11.0. The first-order valence-electron chi connectivity index (χ1n) is 4.72. The smallest absolute Gasteiger partial charge is 0.307 e. The van der Waals surface area contributed by atoms with Crippen LogP contribution in [0.2, 0.25) is 5.02 Å². The Hall–Kier alpha value is -1.66. The quantitative estimate of drug-likeness (QED) is 0.505. The molecule has 0 unspecified atom stereocenters. The Balaban J connectivity index is 2.95. The van der Waals surface area contributed by atoms with Crippen molar-refractivity contribution in [3.8, 4) is 0 Å². The van der Waals surface area contributed by atoms with Gasteiger partial charge in [0.25, 0.3) is 5.69 Å². The molecule has 0 aliphatic heterocycles. The van der Waals surface area contributed by atoms with Gasteiger partial charge in [0, 0.05) is 12.1 Å². The summed E-state index contributed by atoms with van der Waals surface area (Å²) in [6, 6.07) is 3.53. The number of carbonyl (C=O) groups is 1. The lowest BCUT2D eigenvalue weighted by atomic mass is 10.0. The number of nitrogens with two attached hydrogens (primary N) is 1. The minimum Gasteiger partial charge on any atom is -0.469 e. The van der Waals surface area contributed by atoms with Crippen molar-refractivity contribution < 1.29 is 14.5 Å². The number of nitro groups is 1. The Bertz CT molecular complexity index is 450. The van der Waals surface area contributed by atoms with E-state index < -0.39 is 16.9 Å². The molecule has 1 rings (SSSR count). The molecule has 0 saturated heterocycles. The zero-order chi connectivity index (χ0) is 13.0. The number of hydrogen-bond acceptors (Lipinski definition) is 5. The van der Waals surface area contributed by atoms with Crippen molar-refractivity contribution in [3.05, 3.63) is 38.9 Å². The molecule has 0 aliphatic rings. The Morgan fingerprint density at radius 2 is 2.29 bits per heavy atom. The van der Waals surface area contributed by atoms with E-state index in [0.717, 1.165) is 0 Å². The van der Waals surface area contributed by atoms with Gasteiger partial charge in [-0.3, -0.25) is 14.9 Å². The van der Waals surface area contributed by atoms with Gasteiger partial charge in [0.15, 0.2) is 0 Å². The highest BCUT2D eigenvalue weighted by atomic mass is 35.5. The van der Waals surface area contributed by atoms with Gasteiger partial charge in [-0.2, -0.15) is 0 Å². The van der Waals surface area contributed by atoms with E-state index in [1.54, 1.807) is 6.07 Å². The molecule has 1 aromatic rings. The Labute approximate surface area is 102 Å². The van der Waals surface area contributed by atoms with Crippen LogP contribution < -0.4 is 5.73 Å². The summed E-state index contributed by atoms with van der Waals surface area (Å²) in [5.41, 5.74) is 5.96. The molecule has 1 atom stereocenters. The predicted molar refractivity (Wildman–Crippen MR) is 61.7 cm³/mol. The van der Waals surface area contributed by atoms with Crippen molar-refractivity contribution in [2.24, 2.45) is 5.73 Å².